The van der Waals surface area contributed by atoms with Crippen molar-refractivity contribution in [2.24, 2.45) is 0 Å². The zero-order valence-electron chi connectivity index (χ0n) is 11.6. The van der Waals surface area contributed by atoms with Crippen LogP contribution in [-0.2, 0) is 14.9 Å². The highest BCUT2D eigenvalue weighted by Crippen LogP contribution is 2.27. The first-order valence-electron chi connectivity index (χ1n) is 6.37. The van der Waals surface area contributed by atoms with Crippen LogP contribution in [-0.4, -0.2) is 17.7 Å². The van der Waals surface area contributed by atoms with Crippen LogP contribution in [0.2, 0.25) is 0 Å². The normalized spacial score (nSPS) is 13.2. The monoisotopic (exact) mass is 250 g/mol. The summed E-state index contributed by atoms with van der Waals surface area (Å²) in [5, 5.41) is 9.80. The van der Waals surface area contributed by atoms with Crippen LogP contribution in [0.15, 0.2) is 24.3 Å². The number of benzene rings is 1. The van der Waals surface area contributed by atoms with E-state index in [1.54, 1.807) is 19.1 Å². The fraction of sp³-hybridized carbons (Fsp3) is 0.533. The number of hydrogen-bond acceptors (Lipinski definition) is 3. The van der Waals surface area contributed by atoms with Crippen molar-refractivity contribution in [3.05, 3.63) is 35.4 Å². The maximum Gasteiger partial charge on any atom is 0.339 e. The predicted octanol–water partition coefficient (Wildman–Crippen LogP) is 2.97. The molecule has 0 aliphatic heterocycles. The van der Waals surface area contributed by atoms with E-state index in [0.29, 0.717) is 5.56 Å². The van der Waals surface area contributed by atoms with E-state index in [0.717, 1.165) is 6.42 Å². The Morgan fingerprint density at radius 3 is 2.28 bits per heavy atom. The van der Waals surface area contributed by atoms with Crippen LogP contribution >= 0.6 is 0 Å². The van der Waals surface area contributed by atoms with Crippen molar-refractivity contribution in [2.45, 2.75) is 45.6 Å². The molecule has 0 aliphatic rings. The molecule has 1 unspecified atom stereocenters. The quantitative estimate of drug-likeness (QED) is 0.817. The highest BCUT2D eigenvalue weighted by Gasteiger charge is 2.21. The molecule has 3 nitrogen and oxygen atoms in total. The van der Waals surface area contributed by atoms with Gasteiger partial charge in [0.15, 0.2) is 6.10 Å². The Labute approximate surface area is 109 Å². The molecular weight excluding hydrogens is 228 g/mol. The molecule has 1 atom stereocenters. The molecule has 0 bridgehead atoms. The van der Waals surface area contributed by atoms with Gasteiger partial charge in [0.05, 0.1) is 6.61 Å². The molecule has 18 heavy (non-hydrogen) atoms. The van der Waals surface area contributed by atoms with Crippen molar-refractivity contribution in [2.75, 3.05) is 6.61 Å². The summed E-state index contributed by atoms with van der Waals surface area (Å²) < 4.78 is 4.79. The summed E-state index contributed by atoms with van der Waals surface area (Å²) in [6.07, 6.45) is -0.156. The lowest BCUT2D eigenvalue weighted by atomic mass is 9.82. The molecule has 3 heteroatoms. The Hall–Kier alpha value is -1.35. The predicted molar refractivity (Wildman–Crippen MR) is 71.4 cm³/mol. The van der Waals surface area contributed by atoms with Crippen LogP contribution in [0.1, 0.15) is 51.3 Å². The van der Waals surface area contributed by atoms with Gasteiger partial charge >= 0.3 is 5.97 Å². The lowest BCUT2D eigenvalue weighted by Crippen LogP contribution is -2.17. The smallest absolute Gasteiger partial charge is 0.339 e. The SMILES string of the molecule is CCOC(=O)C(O)c1ccc(C(C)(C)CC)cc1. The summed E-state index contributed by atoms with van der Waals surface area (Å²) >= 11 is 0. The van der Waals surface area contributed by atoms with Crippen LogP contribution in [0.3, 0.4) is 0 Å². The van der Waals surface area contributed by atoms with Crippen LogP contribution < -0.4 is 0 Å². The second kappa shape index (κ2) is 6.01. The highest BCUT2D eigenvalue weighted by atomic mass is 16.5. The minimum absolute atomic E-state index is 0.105. The average Bonchev–Trinajstić information content (AvgIpc) is 2.38. The number of esters is 1. The third kappa shape index (κ3) is 3.33. The van der Waals surface area contributed by atoms with Gasteiger partial charge in [-0.25, -0.2) is 4.79 Å². The number of carbonyl (C=O) groups is 1. The molecular formula is C15H22O3. The molecule has 1 rings (SSSR count). The van der Waals surface area contributed by atoms with E-state index < -0.39 is 12.1 Å². The Bertz CT molecular complexity index is 393. The van der Waals surface area contributed by atoms with Crippen LogP contribution in [0.25, 0.3) is 0 Å². The van der Waals surface area contributed by atoms with Crippen LogP contribution in [0.4, 0.5) is 0 Å². The van der Waals surface area contributed by atoms with Crippen molar-refractivity contribution >= 4 is 5.97 Å². The zero-order chi connectivity index (χ0) is 13.8. The molecule has 0 saturated heterocycles. The Balaban J connectivity index is 2.86. The van der Waals surface area contributed by atoms with Gasteiger partial charge in [-0.05, 0) is 29.9 Å². The van der Waals surface area contributed by atoms with Crippen molar-refractivity contribution < 1.29 is 14.6 Å². The molecule has 0 saturated carbocycles. The number of carbonyl (C=O) groups excluding carboxylic acids is 1. The molecule has 1 aromatic rings. The molecule has 0 amide bonds. The number of ether oxygens (including phenoxy) is 1. The summed E-state index contributed by atoms with van der Waals surface area (Å²) in [7, 11) is 0. The first kappa shape index (κ1) is 14.7. The molecule has 0 aromatic heterocycles. The summed E-state index contributed by atoms with van der Waals surface area (Å²) in [6, 6.07) is 7.49. The average molecular weight is 250 g/mol. The third-order valence-corrected chi connectivity index (χ3v) is 3.40. The minimum Gasteiger partial charge on any atom is -0.464 e. The van der Waals surface area contributed by atoms with E-state index >= 15 is 0 Å². The van der Waals surface area contributed by atoms with E-state index in [9.17, 15) is 9.90 Å². The maximum absolute atomic E-state index is 11.4. The fourth-order valence-electron chi connectivity index (χ4n) is 1.68. The lowest BCUT2D eigenvalue weighted by molar-refractivity contribution is -0.153. The highest BCUT2D eigenvalue weighted by molar-refractivity contribution is 5.76. The number of aliphatic hydroxyl groups excluding tert-OH is 1. The first-order valence-corrected chi connectivity index (χ1v) is 6.37. The molecule has 0 aliphatic carbocycles. The molecule has 0 fully saturated rings. The van der Waals surface area contributed by atoms with Gasteiger partial charge in [-0.1, -0.05) is 45.0 Å². The van der Waals surface area contributed by atoms with E-state index in [2.05, 4.69) is 20.8 Å². The van der Waals surface area contributed by atoms with Gasteiger partial charge in [0, 0.05) is 0 Å². The molecule has 1 N–H and O–H groups in total. The van der Waals surface area contributed by atoms with Gasteiger partial charge in [-0.3, -0.25) is 0 Å². The van der Waals surface area contributed by atoms with Gasteiger partial charge in [0.1, 0.15) is 0 Å². The molecule has 1 aromatic carbocycles. The summed E-state index contributed by atoms with van der Waals surface area (Å²) in [5.74, 6) is -0.597. The Morgan fingerprint density at radius 2 is 1.83 bits per heavy atom. The Morgan fingerprint density at radius 1 is 1.28 bits per heavy atom. The minimum atomic E-state index is -1.19. The van der Waals surface area contributed by atoms with Gasteiger partial charge in [0.25, 0.3) is 0 Å². The molecule has 100 valence electrons. The van der Waals surface area contributed by atoms with Gasteiger partial charge in [-0.2, -0.15) is 0 Å². The summed E-state index contributed by atoms with van der Waals surface area (Å²) in [5.41, 5.74) is 1.88. The van der Waals surface area contributed by atoms with Crippen molar-refractivity contribution in [1.29, 1.82) is 0 Å². The van der Waals surface area contributed by atoms with E-state index in [1.165, 1.54) is 5.56 Å². The van der Waals surface area contributed by atoms with Crippen molar-refractivity contribution in [1.82, 2.24) is 0 Å². The largest absolute Gasteiger partial charge is 0.464 e. The fourth-order valence-corrected chi connectivity index (χ4v) is 1.68. The summed E-state index contributed by atoms with van der Waals surface area (Å²) in [6.45, 7) is 8.48. The zero-order valence-corrected chi connectivity index (χ0v) is 11.6. The van der Waals surface area contributed by atoms with E-state index in [-0.39, 0.29) is 12.0 Å². The standard InChI is InChI=1S/C15H22O3/c1-5-15(3,4)12-9-7-11(8-10-12)13(16)14(17)18-6-2/h7-10,13,16H,5-6H2,1-4H3. The van der Waals surface area contributed by atoms with Crippen LogP contribution in [0.5, 0.6) is 0 Å². The van der Waals surface area contributed by atoms with Gasteiger partial charge < -0.3 is 9.84 Å². The number of hydrogen-bond donors (Lipinski definition) is 1. The Kier molecular flexibility index (Phi) is 4.91. The van der Waals surface area contributed by atoms with Gasteiger partial charge in [0.2, 0.25) is 0 Å². The molecule has 0 heterocycles. The van der Waals surface area contributed by atoms with Crippen LogP contribution in [0, 0.1) is 0 Å². The second-order valence-corrected chi connectivity index (χ2v) is 5.01. The summed E-state index contributed by atoms with van der Waals surface area (Å²) in [4.78, 5) is 11.4. The molecule has 0 radical (unpaired) electrons. The van der Waals surface area contributed by atoms with E-state index in [4.69, 9.17) is 4.74 Å². The maximum atomic E-state index is 11.4. The first-order chi connectivity index (χ1) is 8.42. The van der Waals surface area contributed by atoms with Crippen molar-refractivity contribution in [3.8, 4) is 0 Å². The third-order valence-electron chi connectivity index (χ3n) is 3.40. The van der Waals surface area contributed by atoms with Gasteiger partial charge in [-0.15, -0.1) is 0 Å². The second-order valence-electron chi connectivity index (χ2n) is 5.01. The molecule has 0 spiro atoms. The topological polar surface area (TPSA) is 46.5 Å². The van der Waals surface area contributed by atoms with E-state index in [1.807, 2.05) is 12.1 Å². The van der Waals surface area contributed by atoms with Crippen molar-refractivity contribution in [3.63, 3.8) is 0 Å². The number of aliphatic hydroxyl groups is 1. The number of rotatable bonds is 5. The lowest BCUT2D eigenvalue weighted by Gasteiger charge is -2.23.